The maximum atomic E-state index is 5.92. The van der Waals surface area contributed by atoms with Crippen LogP contribution in [0.4, 0.5) is 0 Å². The molecule has 0 saturated carbocycles. The van der Waals surface area contributed by atoms with Crippen LogP contribution in [0.15, 0.2) is 11.6 Å². The monoisotopic (exact) mass is 168 g/mol. The Kier molecular flexibility index (Phi) is 1.61. The Bertz CT molecular complexity index is 230. The van der Waals surface area contributed by atoms with Crippen LogP contribution in [0.3, 0.4) is 0 Å². The second-order valence-corrected chi connectivity index (χ2v) is 4.31. The van der Waals surface area contributed by atoms with E-state index in [4.69, 9.17) is 9.47 Å². The van der Waals surface area contributed by atoms with Gasteiger partial charge in [0.25, 0.3) is 0 Å². The molecule has 0 bridgehead atoms. The Hall–Kier alpha value is -0.340. The Balaban J connectivity index is 2.21. The summed E-state index contributed by atoms with van der Waals surface area (Å²) in [6.07, 6.45) is 4.20. The Morgan fingerprint density at radius 1 is 1.33 bits per heavy atom. The summed E-state index contributed by atoms with van der Waals surface area (Å²) in [6, 6.07) is 0. The first kappa shape index (κ1) is 8.27. The summed E-state index contributed by atoms with van der Waals surface area (Å²) < 4.78 is 11.6. The van der Waals surface area contributed by atoms with Crippen LogP contribution in [0.5, 0.6) is 0 Å². The zero-order chi connectivity index (χ0) is 8.82. The van der Waals surface area contributed by atoms with Crippen molar-refractivity contribution in [3.05, 3.63) is 11.6 Å². The molecule has 0 aliphatic carbocycles. The molecule has 1 unspecified atom stereocenters. The van der Waals surface area contributed by atoms with E-state index in [9.17, 15) is 0 Å². The molecule has 1 atom stereocenters. The fraction of sp³-hybridized carbons (Fsp3) is 0.800. The maximum absolute atomic E-state index is 5.92. The van der Waals surface area contributed by atoms with E-state index in [-0.39, 0.29) is 11.4 Å². The summed E-state index contributed by atoms with van der Waals surface area (Å²) in [7, 11) is 0. The lowest BCUT2D eigenvalue weighted by atomic mass is 10.0. The highest BCUT2D eigenvalue weighted by molar-refractivity contribution is 5.18. The molecule has 2 nitrogen and oxygen atoms in total. The zero-order valence-electron chi connectivity index (χ0n) is 8.02. The van der Waals surface area contributed by atoms with Gasteiger partial charge in [0.1, 0.15) is 0 Å². The Morgan fingerprint density at radius 2 is 2.08 bits per heavy atom. The predicted molar refractivity (Wildman–Crippen MR) is 46.8 cm³/mol. The van der Waals surface area contributed by atoms with Crippen molar-refractivity contribution in [1.82, 2.24) is 0 Å². The largest absolute Gasteiger partial charge is 0.342 e. The lowest BCUT2D eigenvalue weighted by Crippen LogP contribution is -2.33. The van der Waals surface area contributed by atoms with Crippen molar-refractivity contribution in [2.75, 3.05) is 6.61 Å². The highest BCUT2D eigenvalue weighted by Gasteiger charge is 2.48. The van der Waals surface area contributed by atoms with Crippen molar-refractivity contribution in [3.8, 4) is 0 Å². The van der Waals surface area contributed by atoms with Gasteiger partial charge in [0.15, 0.2) is 5.79 Å². The molecule has 1 fully saturated rings. The molecule has 0 aromatic heterocycles. The fourth-order valence-corrected chi connectivity index (χ4v) is 1.96. The van der Waals surface area contributed by atoms with E-state index in [1.807, 2.05) is 0 Å². The quantitative estimate of drug-likeness (QED) is 0.516. The van der Waals surface area contributed by atoms with Crippen molar-refractivity contribution in [3.63, 3.8) is 0 Å². The van der Waals surface area contributed by atoms with Gasteiger partial charge in [-0.05, 0) is 32.8 Å². The Labute approximate surface area is 73.5 Å². The molecule has 12 heavy (non-hydrogen) atoms. The summed E-state index contributed by atoms with van der Waals surface area (Å²) in [5, 5.41) is 0. The molecule has 0 N–H and O–H groups in total. The number of hydrogen-bond acceptors (Lipinski definition) is 2. The summed E-state index contributed by atoms with van der Waals surface area (Å²) in [6.45, 7) is 7.05. The molecule has 1 saturated heterocycles. The van der Waals surface area contributed by atoms with Crippen LogP contribution in [0.25, 0.3) is 0 Å². The molecule has 0 radical (unpaired) electrons. The highest BCUT2D eigenvalue weighted by atomic mass is 16.7. The normalized spacial score (nSPS) is 39.1. The standard InChI is InChI=1S/C10H16O2/c1-8-4-7-11-10(8)6-5-9(2,3)12-10/h4H,5-7H2,1-3H3. The van der Waals surface area contributed by atoms with Crippen LogP contribution < -0.4 is 0 Å². The van der Waals surface area contributed by atoms with Gasteiger partial charge in [0, 0.05) is 6.42 Å². The van der Waals surface area contributed by atoms with E-state index < -0.39 is 0 Å². The summed E-state index contributed by atoms with van der Waals surface area (Å²) in [5.41, 5.74) is 1.23. The van der Waals surface area contributed by atoms with Gasteiger partial charge < -0.3 is 9.47 Å². The third-order valence-corrected chi connectivity index (χ3v) is 2.80. The average Bonchev–Trinajstić information content (AvgIpc) is 2.43. The van der Waals surface area contributed by atoms with Gasteiger partial charge in [0.2, 0.25) is 0 Å². The number of hydrogen-bond donors (Lipinski definition) is 0. The van der Waals surface area contributed by atoms with Crippen LogP contribution >= 0.6 is 0 Å². The third-order valence-electron chi connectivity index (χ3n) is 2.80. The second kappa shape index (κ2) is 2.33. The lowest BCUT2D eigenvalue weighted by molar-refractivity contribution is -0.205. The fourth-order valence-electron chi connectivity index (χ4n) is 1.96. The molecule has 2 rings (SSSR count). The van der Waals surface area contributed by atoms with Crippen molar-refractivity contribution >= 4 is 0 Å². The predicted octanol–water partition coefficient (Wildman–Crippen LogP) is 2.25. The molecule has 68 valence electrons. The van der Waals surface area contributed by atoms with E-state index in [0.29, 0.717) is 6.61 Å². The first-order chi connectivity index (χ1) is 5.54. The molecule has 0 amide bonds. The van der Waals surface area contributed by atoms with E-state index in [1.165, 1.54) is 5.57 Å². The molecule has 1 spiro atoms. The SMILES string of the molecule is CC1=CCOC12CCC(C)(C)O2. The molecule has 2 heterocycles. The van der Waals surface area contributed by atoms with E-state index in [2.05, 4.69) is 26.8 Å². The first-order valence-electron chi connectivity index (χ1n) is 4.56. The molecule has 2 aliphatic heterocycles. The van der Waals surface area contributed by atoms with Crippen LogP contribution in [0, 0.1) is 0 Å². The number of rotatable bonds is 0. The van der Waals surface area contributed by atoms with E-state index >= 15 is 0 Å². The van der Waals surface area contributed by atoms with Crippen LogP contribution in [-0.2, 0) is 9.47 Å². The number of ether oxygens (including phenoxy) is 2. The van der Waals surface area contributed by atoms with E-state index in [0.717, 1.165) is 12.8 Å². The molecule has 0 aromatic rings. The first-order valence-corrected chi connectivity index (χ1v) is 4.56. The summed E-state index contributed by atoms with van der Waals surface area (Å²) >= 11 is 0. The summed E-state index contributed by atoms with van der Waals surface area (Å²) in [4.78, 5) is 0. The van der Waals surface area contributed by atoms with E-state index in [1.54, 1.807) is 0 Å². The highest BCUT2D eigenvalue weighted by Crippen LogP contribution is 2.44. The van der Waals surface area contributed by atoms with Crippen molar-refractivity contribution < 1.29 is 9.47 Å². The van der Waals surface area contributed by atoms with Gasteiger partial charge >= 0.3 is 0 Å². The Morgan fingerprint density at radius 3 is 2.50 bits per heavy atom. The van der Waals surface area contributed by atoms with Crippen LogP contribution in [0.1, 0.15) is 33.6 Å². The zero-order valence-corrected chi connectivity index (χ0v) is 8.02. The summed E-state index contributed by atoms with van der Waals surface area (Å²) in [5.74, 6) is -0.358. The van der Waals surface area contributed by atoms with Gasteiger partial charge in [-0.15, -0.1) is 0 Å². The second-order valence-electron chi connectivity index (χ2n) is 4.31. The minimum absolute atomic E-state index is 0.0144. The van der Waals surface area contributed by atoms with Crippen LogP contribution in [0.2, 0.25) is 0 Å². The van der Waals surface area contributed by atoms with Crippen molar-refractivity contribution in [2.24, 2.45) is 0 Å². The van der Waals surface area contributed by atoms with Crippen LogP contribution in [-0.4, -0.2) is 18.0 Å². The smallest absolute Gasteiger partial charge is 0.191 e. The van der Waals surface area contributed by atoms with Crippen molar-refractivity contribution in [2.45, 2.75) is 45.0 Å². The average molecular weight is 168 g/mol. The molecule has 2 heteroatoms. The molecule has 0 aromatic carbocycles. The van der Waals surface area contributed by atoms with Gasteiger partial charge in [-0.2, -0.15) is 0 Å². The lowest BCUT2D eigenvalue weighted by Gasteiger charge is -2.28. The maximum Gasteiger partial charge on any atom is 0.191 e. The molecular formula is C10H16O2. The van der Waals surface area contributed by atoms with Gasteiger partial charge in [0.05, 0.1) is 12.2 Å². The minimum Gasteiger partial charge on any atom is -0.342 e. The minimum atomic E-state index is -0.358. The van der Waals surface area contributed by atoms with Crippen molar-refractivity contribution in [1.29, 1.82) is 0 Å². The molecule has 2 aliphatic rings. The van der Waals surface area contributed by atoms with Gasteiger partial charge in [-0.25, -0.2) is 0 Å². The van der Waals surface area contributed by atoms with Gasteiger partial charge in [-0.3, -0.25) is 0 Å². The van der Waals surface area contributed by atoms with Gasteiger partial charge in [-0.1, -0.05) is 6.08 Å². The third kappa shape index (κ3) is 1.10. The topological polar surface area (TPSA) is 18.5 Å². The molecular weight excluding hydrogens is 152 g/mol.